The molecule has 1 heterocycles. The molecule has 2 N–H and O–H groups in total. The minimum absolute atomic E-state index is 0.159. The van der Waals surface area contributed by atoms with Gasteiger partial charge >= 0.3 is 11.9 Å². The van der Waals surface area contributed by atoms with Crippen LogP contribution in [0.15, 0.2) is 4.99 Å². The highest BCUT2D eigenvalue weighted by molar-refractivity contribution is 7.13. The van der Waals surface area contributed by atoms with Gasteiger partial charge in [-0.25, -0.2) is 9.78 Å². The van der Waals surface area contributed by atoms with Crippen LogP contribution < -0.4 is 10.6 Å². The zero-order valence-electron chi connectivity index (χ0n) is 16.2. The van der Waals surface area contributed by atoms with Crippen molar-refractivity contribution >= 4 is 29.2 Å². The lowest BCUT2D eigenvalue weighted by Crippen LogP contribution is -2.39. The van der Waals surface area contributed by atoms with Gasteiger partial charge in [-0.05, 0) is 27.7 Å². The fourth-order valence-electron chi connectivity index (χ4n) is 2.08. The molecule has 0 saturated carbocycles. The van der Waals surface area contributed by atoms with Crippen molar-refractivity contribution in [3.8, 4) is 0 Å². The third-order valence-electron chi connectivity index (χ3n) is 3.47. The normalized spacial score (nSPS) is 13.7. The van der Waals surface area contributed by atoms with Crippen LogP contribution in [0.25, 0.3) is 0 Å². The first-order valence-corrected chi connectivity index (χ1v) is 9.42. The summed E-state index contributed by atoms with van der Waals surface area (Å²) in [7, 11) is 1.36. The molecule has 0 aliphatic rings. The Labute approximate surface area is 158 Å². The van der Waals surface area contributed by atoms with Crippen molar-refractivity contribution in [1.82, 2.24) is 15.6 Å². The molecule has 146 valence electrons. The smallest absolute Gasteiger partial charge is 0.350 e. The summed E-state index contributed by atoms with van der Waals surface area (Å²) in [6.45, 7) is 10.5. The molecule has 0 fully saturated rings. The lowest BCUT2D eigenvalue weighted by Gasteiger charge is -2.16. The van der Waals surface area contributed by atoms with Crippen molar-refractivity contribution in [1.29, 1.82) is 0 Å². The van der Waals surface area contributed by atoms with E-state index in [1.807, 2.05) is 13.8 Å². The highest BCUT2D eigenvalue weighted by Crippen LogP contribution is 2.24. The number of thiazole rings is 1. The zero-order chi connectivity index (χ0) is 19.7. The van der Waals surface area contributed by atoms with E-state index in [4.69, 9.17) is 9.47 Å². The first-order valence-electron chi connectivity index (χ1n) is 8.61. The second-order valence-corrected chi connectivity index (χ2v) is 6.73. The number of aliphatic imine (C=N–C) groups is 1. The molecule has 2 unspecified atom stereocenters. The van der Waals surface area contributed by atoms with Crippen LogP contribution >= 0.6 is 11.3 Å². The van der Waals surface area contributed by atoms with E-state index in [2.05, 4.69) is 20.6 Å². The van der Waals surface area contributed by atoms with Crippen LogP contribution in [0.3, 0.4) is 0 Å². The molecule has 0 bridgehead atoms. The fourth-order valence-corrected chi connectivity index (χ4v) is 3.04. The Kier molecular flexibility index (Phi) is 9.04. The molecule has 8 nitrogen and oxygen atoms in total. The van der Waals surface area contributed by atoms with Gasteiger partial charge in [0.05, 0.1) is 37.9 Å². The fraction of sp³-hybridized carbons (Fsp3) is 0.647. The van der Waals surface area contributed by atoms with Gasteiger partial charge < -0.3 is 20.1 Å². The Bertz CT molecular complexity index is 645. The van der Waals surface area contributed by atoms with E-state index in [9.17, 15) is 9.59 Å². The first kappa shape index (κ1) is 21.9. The monoisotopic (exact) mass is 384 g/mol. The number of aryl methyl sites for hydroxylation is 1. The Morgan fingerprint density at radius 1 is 1.31 bits per heavy atom. The van der Waals surface area contributed by atoms with Gasteiger partial charge in [0.1, 0.15) is 9.88 Å². The summed E-state index contributed by atoms with van der Waals surface area (Å²) in [4.78, 5) is 32.8. The van der Waals surface area contributed by atoms with E-state index in [-0.39, 0.29) is 23.9 Å². The molecule has 1 rings (SSSR count). The predicted molar refractivity (Wildman–Crippen MR) is 102 cm³/mol. The maximum atomic E-state index is 11.9. The SMILES string of the molecule is CCNC(=NCC(C)C(=O)OC)NC(C)c1nc(C)c(C(=O)OCC)s1. The lowest BCUT2D eigenvalue weighted by atomic mass is 10.2. The number of hydrogen-bond acceptors (Lipinski definition) is 7. The Balaban J connectivity index is 2.84. The van der Waals surface area contributed by atoms with Gasteiger partial charge in [0.25, 0.3) is 0 Å². The number of carbonyl (C=O) groups is 2. The van der Waals surface area contributed by atoms with Gasteiger partial charge in [0.15, 0.2) is 5.96 Å². The van der Waals surface area contributed by atoms with Crippen LogP contribution in [0.4, 0.5) is 0 Å². The number of aromatic nitrogens is 1. The predicted octanol–water partition coefficient (Wildman–Crippen LogP) is 2.05. The highest BCUT2D eigenvalue weighted by Gasteiger charge is 2.20. The van der Waals surface area contributed by atoms with Gasteiger partial charge in [0, 0.05) is 6.54 Å². The molecular weight excluding hydrogens is 356 g/mol. The van der Waals surface area contributed by atoms with E-state index in [1.54, 1.807) is 20.8 Å². The number of carbonyl (C=O) groups excluding carboxylic acids is 2. The van der Waals surface area contributed by atoms with E-state index >= 15 is 0 Å². The Hall–Kier alpha value is -2.16. The van der Waals surface area contributed by atoms with Crippen LogP contribution in [-0.2, 0) is 14.3 Å². The molecule has 0 aliphatic carbocycles. The molecule has 9 heteroatoms. The second-order valence-electron chi connectivity index (χ2n) is 5.70. The second kappa shape index (κ2) is 10.7. The quantitative estimate of drug-likeness (QED) is 0.402. The third-order valence-corrected chi connectivity index (χ3v) is 4.79. The van der Waals surface area contributed by atoms with Crippen molar-refractivity contribution in [2.75, 3.05) is 26.8 Å². The molecule has 0 amide bonds. The standard InChI is InChI=1S/C17H28N4O4S/c1-7-18-17(19-9-10(3)15(22)24-6)21-12(5)14-20-11(4)13(26-14)16(23)25-8-2/h10,12H,7-9H2,1-6H3,(H2,18,19,21). The Morgan fingerprint density at radius 2 is 2.00 bits per heavy atom. The maximum absolute atomic E-state index is 11.9. The molecular formula is C17H28N4O4S. The molecule has 1 aromatic heterocycles. The summed E-state index contributed by atoms with van der Waals surface area (Å²) in [5.41, 5.74) is 0.651. The third kappa shape index (κ3) is 6.29. The molecule has 0 aromatic carbocycles. The van der Waals surface area contributed by atoms with Crippen molar-refractivity contribution in [3.63, 3.8) is 0 Å². The van der Waals surface area contributed by atoms with Crippen LogP contribution in [-0.4, -0.2) is 49.7 Å². The molecule has 0 radical (unpaired) electrons. The van der Waals surface area contributed by atoms with Crippen molar-refractivity contribution in [2.45, 2.75) is 40.7 Å². The number of nitrogens with one attached hydrogen (secondary N) is 2. The minimum atomic E-state index is -0.353. The van der Waals surface area contributed by atoms with E-state index < -0.39 is 0 Å². The van der Waals surface area contributed by atoms with Gasteiger partial charge in [-0.1, -0.05) is 6.92 Å². The summed E-state index contributed by atoms with van der Waals surface area (Å²) in [5.74, 6) is -0.412. The van der Waals surface area contributed by atoms with Crippen LogP contribution in [0.1, 0.15) is 54.1 Å². The molecule has 0 saturated heterocycles. The first-order chi connectivity index (χ1) is 12.3. The number of methoxy groups -OCH3 is 1. The molecule has 0 aliphatic heterocycles. The Morgan fingerprint density at radius 3 is 2.58 bits per heavy atom. The van der Waals surface area contributed by atoms with Gasteiger partial charge in [-0.3, -0.25) is 9.79 Å². The van der Waals surface area contributed by atoms with Gasteiger partial charge in [-0.15, -0.1) is 11.3 Å². The van der Waals surface area contributed by atoms with Crippen LogP contribution in [0.5, 0.6) is 0 Å². The summed E-state index contributed by atoms with van der Waals surface area (Å²) in [5, 5.41) is 7.13. The largest absolute Gasteiger partial charge is 0.469 e. The average molecular weight is 385 g/mol. The van der Waals surface area contributed by atoms with Crippen molar-refractivity contribution in [2.24, 2.45) is 10.9 Å². The average Bonchev–Trinajstić information content (AvgIpc) is 3.01. The minimum Gasteiger partial charge on any atom is -0.469 e. The summed E-state index contributed by atoms with van der Waals surface area (Å²) in [6.07, 6.45) is 0. The van der Waals surface area contributed by atoms with Crippen molar-refractivity contribution < 1.29 is 19.1 Å². The summed E-state index contributed by atoms with van der Waals surface area (Å²) in [6, 6.07) is -0.159. The van der Waals surface area contributed by atoms with Gasteiger partial charge in [-0.2, -0.15) is 0 Å². The van der Waals surface area contributed by atoms with Crippen LogP contribution in [0.2, 0.25) is 0 Å². The zero-order valence-corrected chi connectivity index (χ0v) is 17.0. The molecule has 2 atom stereocenters. The highest BCUT2D eigenvalue weighted by atomic mass is 32.1. The number of rotatable bonds is 8. The number of esters is 2. The van der Waals surface area contributed by atoms with E-state index in [0.29, 0.717) is 36.2 Å². The number of guanidine groups is 1. The molecule has 26 heavy (non-hydrogen) atoms. The van der Waals surface area contributed by atoms with E-state index in [0.717, 1.165) is 5.01 Å². The maximum Gasteiger partial charge on any atom is 0.350 e. The van der Waals surface area contributed by atoms with Gasteiger partial charge in [0.2, 0.25) is 0 Å². The number of hydrogen-bond donors (Lipinski definition) is 2. The lowest BCUT2D eigenvalue weighted by molar-refractivity contribution is -0.144. The summed E-state index contributed by atoms with van der Waals surface area (Å²) >= 11 is 1.30. The summed E-state index contributed by atoms with van der Waals surface area (Å²) < 4.78 is 9.76. The van der Waals surface area contributed by atoms with Crippen LogP contribution in [0, 0.1) is 12.8 Å². The topological polar surface area (TPSA) is 102 Å². The number of nitrogens with zero attached hydrogens (tertiary/aromatic N) is 2. The molecule has 1 aromatic rings. The van der Waals surface area contributed by atoms with E-state index in [1.165, 1.54) is 18.4 Å². The number of ether oxygens (including phenoxy) is 2. The molecule has 0 spiro atoms. The van der Waals surface area contributed by atoms with Crippen molar-refractivity contribution in [3.05, 3.63) is 15.6 Å².